The van der Waals surface area contributed by atoms with Crippen LogP contribution in [-0.2, 0) is 14.3 Å². The van der Waals surface area contributed by atoms with Gasteiger partial charge in [0, 0.05) is 35.7 Å². The van der Waals surface area contributed by atoms with Gasteiger partial charge < -0.3 is 9.64 Å². The maximum Gasteiger partial charge on any atom is 0.397 e. The van der Waals surface area contributed by atoms with Crippen LogP contribution in [0.2, 0.25) is 0 Å². The Morgan fingerprint density at radius 1 is 1.27 bits per heavy atom. The van der Waals surface area contributed by atoms with Crippen LogP contribution in [0.15, 0.2) is 0 Å². The van der Waals surface area contributed by atoms with Gasteiger partial charge in [-0.05, 0) is 23.2 Å². The molecular weight excluding hydrogens is 309 g/mol. The Hall–Kier alpha value is -0.770. The molecule has 0 aromatic heterocycles. The zero-order valence-electron chi connectivity index (χ0n) is 8.29. The maximum atomic E-state index is 11.5. The second-order valence-electron chi connectivity index (χ2n) is 3.20. The highest BCUT2D eigenvalue weighted by Gasteiger charge is 2.24. The number of likely N-dealkylation sites (tertiary alicyclic amines) is 1. The minimum atomic E-state index is -0.795. The summed E-state index contributed by atoms with van der Waals surface area (Å²) < 4.78 is 7.25. The van der Waals surface area contributed by atoms with Gasteiger partial charge in [-0.25, -0.2) is 4.79 Å². The first-order valence-electron chi connectivity index (χ1n) is 4.80. The first-order chi connectivity index (χ1) is 7.25. The lowest BCUT2D eigenvalue weighted by molar-refractivity contribution is -0.159. The van der Waals surface area contributed by atoms with E-state index < -0.39 is 11.9 Å². The van der Waals surface area contributed by atoms with Gasteiger partial charge in [-0.3, -0.25) is 4.79 Å². The molecule has 1 aliphatic heterocycles. The van der Waals surface area contributed by atoms with Crippen molar-refractivity contribution in [1.29, 1.82) is 0 Å². The highest BCUT2D eigenvalue weighted by atomic mass is 127. The number of rotatable bonds is 1. The van der Waals surface area contributed by atoms with Gasteiger partial charge in [0.05, 0.1) is 0 Å². The molecule has 0 saturated carbocycles. The van der Waals surface area contributed by atoms with E-state index in [9.17, 15) is 9.59 Å². The Labute approximate surface area is 102 Å². The second-order valence-corrected chi connectivity index (χ2v) is 3.74. The zero-order valence-corrected chi connectivity index (χ0v) is 10.5. The van der Waals surface area contributed by atoms with Crippen molar-refractivity contribution >= 4 is 34.5 Å². The fraction of sp³-hybridized carbons (Fsp3) is 0.600. The van der Waals surface area contributed by atoms with Crippen LogP contribution in [0.1, 0.15) is 19.3 Å². The number of carbonyl (C=O) groups excluding carboxylic acids is 2. The molecule has 1 amide bonds. The van der Waals surface area contributed by atoms with E-state index in [-0.39, 0.29) is 6.61 Å². The van der Waals surface area contributed by atoms with Crippen LogP contribution in [0.4, 0.5) is 0 Å². The summed E-state index contributed by atoms with van der Waals surface area (Å²) in [6.45, 7) is 1.30. The minimum Gasteiger partial charge on any atom is -0.445 e. The number of hydrogen-bond acceptors (Lipinski definition) is 3. The average molecular weight is 321 g/mol. The van der Waals surface area contributed by atoms with E-state index in [1.807, 2.05) is 22.6 Å². The highest BCUT2D eigenvalue weighted by molar-refractivity contribution is 14.1. The average Bonchev–Trinajstić information content (AvgIpc) is 2.29. The Bertz CT molecular complexity index is 300. The molecule has 0 unspecified atom stereocenters. The summed E-state index contributed by atoms with van der Waals surface area (Å²) in [6, 6.07) is 0. The molecule has 1 heterocycles. The minimum absolute atomic E-state index is 0.0125. The van der Waals surface area contributed by atoms with Crippen LogP contribution in [0, 0.1) is 9.85 Å². The molecule has 4 nitrogen and oxygen atoms in total. The molecule has 0 N–H and O–H groups in total. The van der Waals surface area contributed by atoms with Crippen LogP contribution in [0.25, 0.3) is 0 Å². The van der Waals surface area contributed by atoms with E-state index >= 15 is 0 Å². The monoisotopic (exact) mass is 321 g/mol. The van der Waals surface area contributed by atoms with Crippen molar-refractivity contribution in [3.8, 4) is 9.85 Å². The molecule has 0 aromatic carbocycles. The number of nitrogens with zero attached hydrogens (tertiary/aromatic N) is 1. The normalized spacial score (nSPS) is 15.1. The largest absolute Gasteiger partial charge is 0.445 e. The predicted molar refractivity (Wildman–Crippen MR) is 63.2 cm³/mol. The van der Waals surface area contributed by atoms with E-state index in [4.69, 9.17) is 0 Å². The fourth-order valence-corrected chi connectivity index (χ4v) is 1.57. The van der Waals surface area contributed by atoms with Crippen molar-refractivity contribution in [2.24, 2.45) is 0 Å². The van der Waals surface area contributed by atoms with Gasteiger partial charge >= 0.3 is 11.9 Å². The standard InChI is InChI=1S/C10H12INO3/c11-5-4-8-15-10(14)9(13)12-6-2-1-3-7-12/h1-3,6-8H2. The van der Waals surface area contributed by atoms with Gasteiger partial charge in [-0.15, -0.1) is 0 Å². The van der Waals surface area contributed by atoms with Crippen molar-refractivity contribution in [3.63, 3.8) is 0 Å². The lowest BCUT2D eigenvalue weighted by atomic mass is 10.1. The number of amides is 1. The van der Waals surface area contributed by atoms with Gasteiger partial charge in [0.2, 0.25) is 0 Å². The third-order valence-corrected chi connectivity index (χ3v) is 2.54. The summed E-state index contributed by atoms with van der Waals surface area (Å²) in [4.78, 5) is 24.3. The third kappa shape index (κ3) is 4.08. The molecule has 1 aliphatic rings. The maximum absolute atomic E-state index is 11.5. The van der Waals surface area contributed by atoms with Crippen molar-refractivity contribution in [2.75, 3.05) is 19.7 Å². The Morgan fingerprint density at radius 3 is 2.53 bits per heavy atom. The van der Waals surface area contributed by atoms with Crippen molar-refractivity contribution in [3.05, 3.63) is 0 Å². The molecule has 0 aliphatic carbocycles. The van der Waals surface area contributed by atoms with Crippen molar-refractivity contribution < 1.29 is 14.3 Å². The molecule has 0 bridgehead atoms. The predicted octanol–water partition coefficient (Wildman–Crippen LogP) is 0.938. The summed E-state index contributed by atoms with van der Waals surface area (Å²) in [7, 11) is 0. The zero-order chi connectivity index (χ0) is 11.1. The topological polar surface area (TPSA) is 46.6 Å². The summed E-state index contributed by atoms with van der Waals surface area (Å²) in [5, 5.41) is 0. The van der Waals surface area contributed by atoms with E-state index in [1.165, 1.54) is 0 Å². The number of halogens is 1. The van der Waals surface area contributed by atoms with Crippen LogP contribution >= 0.6 is 22.6 Å². The number of carbonyl (C=O) groups is 2. The summed E-state index contributed by atoms with van der Waals surface area (Å²) in [5.74, 6) is 1.23. The van der Waals surface area contributed by atoms with Gasteiger partial charge in [0.25, 0.3) is 0 Å². The molecule has 1 fully saturated rings. The van der Waals surface area contributed by atoms with Crippen LogP contribution < -0.4 is 0 Å². The van der Waals surface area contributed by atoms with Gasteiger partial charge in [0.1, 0.15) is 0 Å². The van der Waals surface area contributed by atoms with Crippen LogP contribution in [-0.4, -0.2) is 36.5 Å². The summed E-state index contributed by atoms with van der Waals surface area (Å²) >= 11 is 1.85. The summed E-state index contributed by atoms with van der Waals surface area (Å²) in [5.41, 5.74) is 0. The van der Waals surface area contributed by atoms with Gasteiger partial charge in [-0.2, -0.15) is 0 Å². The summed E-state index contributed by atoms with van der Waals surface area (Å²) in [6.07, 6.45) is 3.05. The molecule has 15 heavy (non-hydrogen) atoms. The quantitative estimate of drug-likeness (QED) is 0.313. The van der Waals surface area contributed by atoms with Gasteiger partial charge in [-0.1, -0.05) is 5.92 Å². The Balaban J connectivity index is 2.36. The number of esters is 1. The lowest BCUT2D eigenvalue weighted by Crippen LogP contribution is -2.40. The Kier molecular flexibility index (Phi) is 5.47. The number of hydrogen-bond donors (Lipinski definition) is 0. The molecule has 82 valence electrons. The SMILES string of the molecule is O=C(OCC#CI)C(=O)N1CCCCC1. The van der Waals surface area contributed by atoms with E-state index in [1.54, 1.807) is 4.90 Å². The van der Waals surface area contributed by atoms with E-state index in [2.05, 4.69) is 14.6 Å². The van der Waals surface area contributed by atoms with Crippen LogP contribution in [0.3, 0.4) is 0 Å². The lowest BCUT2D eigenvalue weighted by Gasteiger charge is -2.25. The van der Waals surface area contributed by atoms with E-state index in [0.29, 0.717) is 13.1 Å². The van der Waals surface area contributed by atoms with Crippen molar-refractivity contribution in [2.45, 2.75) is 19.3 Å². The fourth-order valence-electron chi connectivity index (χ4n) is 1.42. The number of ether oxygens (including phenoxy) is 1. The van der Waals surface area contributed by atoms with E-state index in [0.717, 1.165) is 19.3 Å². The number of piperidine rings is 1. The molecule has 1 rings (SSSR count). The smallest absolute Gasteiger partial charge is 0.397 e. The Morgan fingerprint density at radius 2 is 1.93 bits per heavy atom. The third-order valence-electron chi connectivity index (χ3n) is 2.16. The van der Waals surface area contributed by atoms with Crippen LogP contribution in [0.5, 0.6) is 0 Å². The first kappa shape index (κ1) is 12.3. The van der Waals surface area contributed by atoms with Crippen molar-refractivity contribution in [1.82, 2.24) is 4.90 Å². The molecule has 0 spiro atoms. The molecule has 0 radical (unpaired) electrons. The second kappa shape index (κ2) is 6.67. The molecule has 1 saturated heterocycles. The highest BCUT2D eigenvalue weighted by Crippen LogP contribution is 2.08. The first-order valence-corrected chi connectivity index (χ1v) is 5.88. The molecule has 0 atom stereocenters. The molecule has 5 heteroatoms. The van der Waals surface area contributed by atoms with Gasteiger partial charge in [0.15, 0.2) is 6.61 Å². The molecular formula is C10H12INO3. The molecule has 0 aromatic rings.